The van der Waals surface area contributed by atoms with Gasteiger partial charge in [0, 0.05) is 0 Å². The molecule has 0 aliphatic rings. The summed E-state index contributed by atoms with van der Waals surface area (Å²) in [6.45, 7) is 6.80. The highest BCUT2D eigenvalue weighted by Crippen LogP contribution is 2.37. The van der Waals surface area contributed by atoms with Crippen LogP contribution in [0.3, 0.4) is 0 Å². The van der Waals surface area contributed by atoms with Crippen molar-refractivity contribution in [2.45, 2.75) is 37.5 Å². The maximum atomic E-state index is 12.8. The second-order valence-electron chi connectivity index (χ2n) is 5.36. The summed E-state index contributed by atoms with van der Waals surface area (Å²) < 4.78 is 25.6. The van der Waals surface area contributed by atoms with E-state index in [0.717, 1.165) is 11.1 Å². The molecule has 0 aromatic heterocycles. The maximum absolute atomic E-state index is 12.8. The second kappa shape index (κ2) is 5.07. The zero-order chi connectivity index (χ0) is 15.9. The molecular weight excluding hydrogens is 288 g/mol. The van der Waals surface area contributed by atoms with E-state index in [-0.39, 0.29) is 21.3 Å². The van der Waals surface area contributed by atoms with Crippen LogP contribution in [-0.2, 0) is 9.84 Å². The molecular formula is C16H18O4S. The van der Waals surface area contributed by atoms with Crippen LogP contribution < -0.4 is 0 Å². The number of phenols is 2. The van der Waals surface area contributed by atoms with Gasteiger partial charge in [0.15, 0.2) is 0 Å². The number of aryl methyl sites for hydroxylation is 4. The average Bonchev–Trinajstić information content (AvgIpc) is 2.31. The largest absolute Gasteiger partial charge is 0.507 e. The molecule has 2 aromatic carbocycles. The third-order valence-corrected chi connectivity index (χ3v) is 5.33. The minimum Gasteiger partial charge on any atom is -0.507 e. The van der Waals surface area contributed by atoms with Crippen molar-refractivity contribution >= 4 is 9.84 Å². The molecule has 0 unspecified atom stereocenters. The zero-order valence-corrected chi connectivity index (χ0v) is 13.2. The van der Waals surface area contributed by atoms with Crippen molar-refractivity contribution in [3.63, 3.8) is 0 Å². The van der Waals surface area contributed by atoms with Gasteiger partial charge in [-0.1, -0.05) is 12.1 Å². The summed E-state index contributed by atoms with van der Waals surface area (Å²) in [5.41, 5.74) is 2.44. The SMILES string of the molecule is Cc1cc(C)c(S(=O)(=O)c2cc(C)cc(C)c2O)c(O)c1. The lowest BCUT2D eigenvalue weighted by atomic mass is 10.1. The molecule has 0 aliphatic carbocycles. The third kappa shape index (κ3) is 2.61. The highest BCUT2D eigenvalue weighted by Gasteiger charge is 2.27. The van der Waals surface area contributed by atoms with Gasteiger partial charge in [-0.15, -0.1) is 0 Å². The van der Waals surface area contributed by atoms with Crippen molar-refractivity contribution in [3.8, 4) is 11.5 Å². The Hall–Kier alpha value is -2.01. The summed E-state index contributed by atoms with van der Waals surface area (Å²) in [6, 6.07) is 6.21. The molecule has 4 nitrogen and oxygen atoms in total. The van der Waals surface area contributed by atoms with Gasteiger partial charge in [-0.25, -0.2) is 8.42 Å². The van der Waals surface area contributed by atoms with Crippen LogP contribution in [0.1, 0.15) is 22.3 Å². The van der Waals surface area contributed by atoms with Crippen LogP contribution in [0, 0.1) is 27.7 Å². The summed E-state index contributed by atoms with van der Waals surface area (Å²) in [6.07, 6.45) is 0. The number of phenolic OH excluding ortho intramolecular Hbond substituents is 2. The molecule has 2 N–H and O–H groups in total. The third-order valence-electron chi connectivity index (χ3n) is 3.37. The lowest BCUT2D eigenvalue weighted by molar-refractivity contribution is 0.449. The number of sulfone groups is 1. The van der Waals surface area contributed by atoms with Crippen LogP contribution in [0.2, 0.25) is 0 Å². The zero-order valence-electron chi connectivity index (χ0n) is 12.4. The molecule has 0 heterocycles. The maximum Gasteiger partial charge on any atom is 0.214 e. The van der Waals surface area contributed by atoms with E-state index in [1.165, 1.54) is 12.1 Å². The van der Waals surface area contributed by atoms with Crippen LogP contribution in [-0.4, -0.2) is 18.6 Å². The van der Waals surface area contributed by atoms with Gasteiger partial charge < -0.3 is 10.2 Å². The highest BCUT2D eigenvalue weighted by atomic mass is 32.2. The summed E-state index contributed by atoms with van der Waals surface area (Å²) in [4.78, 5) is -0.337. The van der Waals surface area contributed by atoms with Gasteiger partial charge in [-0.2, -0.15) is 0 Å². The molecule has 0 fully saturated rings. The summed E-state index contributed by atoms with van der Waals surface area (Å²) in [5.74, 6) is -0.578. The molecule has 0 spiro atoms. The number of rotatable bonds is 2. The Morgan fingerprint density at radius 1 is 0.810 bits per heavy atom. The van der Waals surface area contributed by atoms with E-state index in [0.29, 0.717) is 11.1 Å². The van der Waals surface area contributed by atoms with Gasteiger partial charge in [0.05, 0.1) is 0 Å². The number of benzene rings is 2. The Balaban J connectivity index is 2.81. The first-order valence-corrected chi connectivity index (χ1v) is 7.98. The molecule has 2 aromatic rings. The first-order chi connectivity index (χ1) is 9.64. The van der Waals surface area contributed by atoms with Crippen molar-refractivity contribution in [1.82, 2.24) is 0 Å². The second-order valence-corrected chi connectivity index (χ2v) is 7.22. The van der Waals surface area contributed by atoms with Crippen LogP contribution in [0.15, 0.2) is 34.1 Å². The number of hydrogen-bond donors (Lipinski definition) is 2. The first kappa shape index (κ1) is 15.4. The average molecular weight is 306 g/mol. The molecule has 0 saturated heterocycles. The topological polar surface area (TPSA) is 74.6 Å². The van der Waals surface area contributed by atoms with Crippen LogP contribution in [0.5, 0.6) is 11.5 Å². The molecule has 0 aliphatic heterocycles. The Labute approximate surface area is 124 Å². The van der Waals surface area contributed by atoms with E-state index in [9.17, 15) is 18.6 Å². The van der Waals surface area contributed by atoms with E-state index in [2.05, 4.69) is 0 Å². The number of hydrogen-bond acceptors (Lipinski definition) is 4. The first-order valence-electron chi connectivity index (χ1n) is 6.50. The molecule has 0 saturated carbocycles. The minimum atomic E-state index is -3.99. The Kier molecular flexibility index (Phi) is 3.72. The molecule has 21 heavy (non-hydrogen) atoms. The quantitative estimate of drug-likeness (QED) is 0.893. The van der Waals surface area contributed by atoms with Gasteiger partial charge in [0.1, 0.15) is 21.3 Å². The van der Waals surface area contributed by atoms with Crippen LogP contribution in [0.25, 0.3) is 0 Å². The van der Waals surface area contributed by atoms with E-state index in [1.54, 1.807) is 39.8 Å². The predicted octanol–water partition coefficient (Wildman–Crippen LogP) is 3.16. The smallest absolute Gasteiger partial charge is 0.214 e. The van der Waals surface area contributed by atoms with E-state index in [1.807, 2.05) is 0 Å². The Morgan fingerprint density at radius 3 is 1.90 bits per heavy atom. The van der Waals surface area contributed by atoms with Gasteiger partial charge in [-0.3, -0.25) is 0 Å². The predicted molar refractivity (Wildman–Crippen MR) is 80.6 cm³/mol. The minimum absolute atomic E-state index is 0.159. The standard InChI is InChI=1S/C16H18O4S/c1-9-6-12(4)16(13(17)7-9)21(19,20)14-8-10(2)5-11(3)15(14)18/h5-8,17-18H,1-4H3. The molecule has 2 rings (SSSR count). The molecule has 0 bridgehead atoms. The molecule has 0 amide bonds. The van der Waals surface area contributed by atoms with Gasteiger partial charge in [0.25, 0.3) is 0 Å². The van der Waals surface area contributed by atoms with E-state index in [4.69, 9.17) is 0 Å². The fraction of sp³-hybridized carbons (Fsp3) is 0.250. The van der Waals surface area contributed by atoms with Gasteiger partial charge in [-0.05, 0) is 62.1 Å². The van der Waals surface area contributed by atoms with Crippen LogP contribution >= 0.6 is 0 Å². The fourth-order valence-corrected chi connectivity index (χ4v) is 4.31. The Morgan fingerprint density at radius 2 is 1.33 bits per heavy atom. The van der Waals surface area contributed by atoms with Gasteiger partial charge >= 0.3 is 0 Å². The van der Waals surface area contributed by atoms with Gasteiger partial charge in [0.2, 0.25) is 9.84 Å². The lowest BCUT2D eigenvalue weighted by Crippen LogP contribution is -2.06. The lowest BCUT2D eigenvalue weighted by Gasteiger charge is -2.14. The van der Waals surface area contributed by atoms with Crippen molar-refractivity contribution < 1.29 is 18.6 Å². The molecule has 0 atom stereocenters. The van der Waals surface area contributed by atoms with Crippen molar-refractivity contribution in [3.05, 3.63) is 46.5 Å². The molecule has 5 heteroatoms. The van der Waals surface area contributed by atoms with Crippen LogP contribution in [0.4, 0.5) is 0 Å². The molecule has 112 valence electrons. The summed E-state index contributed by atoms with van der Waals surface area (Å²) >= 11 is 0. The fourth-order valence-electron chi connectivity index (χ4n) is 2.52. The summed E-state index contributed by atoms with van der Waals surface area (Å²) in [7, 11) is -3.99. The Bertz CT molecular complexity index is 797. The molecule has 0 radical (unpaired) electrons. The number of aromatic hydroxyl groups is 2. The normalized spacial score (nSPS) is 11.6. The van der Waals surface area contributed by atoms with Crippen molar-refractivity contribution in [2.75, 3.05) is 0 Å². The monoisotopic (exact) mass is 306 g/mol. The highest BCUT2D eigenvalue weighted by molar-refractivity contribution is 7.91. The summed E-state index contributed by atoms with van der Waals surface area (Å²) in [5, 5.41) is 20.1. The van der Waals surface area contributed by atoms with Crippen molar-refractivity contribution in [1.29, 1.82) is 0 Å². The van der Waals surface area contributed by atoms with E-state index >= 15 is 0 Å². The van der Waals surface area contributed by atoms with Crippen molar-refractivity contribution in [2.24, 2.45) is 0 Å². The van der Waals surface area contributed by atoms with E-state index < -0.39 is 9.84 Å².